The van der Waals surface area contributed by atoms with Crippen LogP contribution in [-0.2, 0) is 0 Å². The predicted molar refractivity (Wildman–Crippen MR) is 78.7 cm³/mol. The van der Waals surface area contributed by atoms with Gasteiger partial charge in [-0.2, -0.15) is 0 Å². The van der Waals surface area contributed by atoms with E-state index in [9.17, 15) is 5.11 Å². The summed E-state index contributed by atoms with van der Waals surface area (Å²) in [5.41, 5.74) is 9.46. The van der Waals surface area contributed by atoms with Gasteiger partial charge in [0.2, 0.25) is 0 Å². The van der Waals surface area contributed by atoms with Crippen LogP contribution in [0.25, 0.3) is 0 Å². The van der Waals surface area contributed by atoms with Gasteiger partial charge in [-0.15, -0.1) is 0 Å². The van der Waals surface area contributed by atoms with E-state index >= 15 is 0 Å². The number of rotatable bonds is 4. The van der Waals surface area contributed by atoms with Crippen LogP contribution in [0.4, 0.5) is 0 Å². The summed E-state index contributed by atoms with van der Waals surface area (Å²) in [5.74, 6) is -0.0369. The molecule has 2 rings (SSSR count). The molecule has 0 radical (unpaired) electrons. The number of benzene rings is 2. The van der Waals surface area contributed by atoms with Crippen molar-refractivity contribution < 1.29 is 5.11 Å². The van der Waals surface area contributed by atoms with Crippen LogP contribution in [0.3, 0.4) is 0 Å². The van der Waals surface area contributed by atoms with Gasteiger partial charge in [-0.05, 0) is 18.1 Å². The Kier molecular flexibility index (Phi) is 4.35. The van der Waals surface area contributed by atoms with Crippen molar-refractivity contribution in [3.8, 4) is 0 Å². The van der Waals surface area contributed by atoms with Gasteiger partial charge in [-0.1, -0.05) is 67.1 Å². The van der Waals surface area contributed by atoms with Crippen LogP contribution in [0.1, 0.15) is 35.8 Å². The lowest BCUT2D eigenvalue weighted by Gasteiger charge is -2.25. The maximum atomic E-state index is 10.4. The fourth-order valence-electron chi connectivity index (χ4n) is 2.24. The minimum absolute atomic E-state index is 0.0369. The van der Waals surface area contributed by atoms with Crippen LogP contribution in [0.15, 0.2) is 54.6 Å². The molecule has 2 aromatic rings. The van der Waals surface area contributed by atoms with Crippen LogP contribution in [0.2, 0.25) is 0 Å². The Balaban J connectivity index is 2.15. The van der Waals surface area contributed by atoms with E-state index in [4.69, 9.17) is 5.73 Å². The molecule has 100 valence electrons. The van der Waals surface area contributed by atoms with Crippen molar-refractivity contribution in [2.24, 2.45) is 11.7 Å². The summed E-state index contributed by atoms with van der Waals surface area (Å²) in [6.45, 7) is 4.04. The molecule has 0 heterocycles. The number of aliphatic hydroxyl groups is 1. The zero-order valence-corrected chi connectivity index (χ0v) is 11.5. The van der Waals surface area contributed by atoms with Gasteiger partial charge in [-0.3, -0.25) is 0 Å². The van der Waals surface area contributed by atoms with Crippen molar-refractivity contribution in [3.63, 3.8) is 0 Å². The van der Waals surface area contributed by atoms with E-state index in [0.29, 0.717) is 0 Å². The van der Waals surface area contributed by atoms with Crippen LogP contribution in [0.5, 0.6) is 0 Å². The van der Waals surface area contributed by atoms with Crippen molar-refractivity contribution >= 4 is 0 Å². The third-order valence-corrected chi connectivity index (χ3v) is 3.67. The molecule has 2 heteroatoms. The number of aryl methyl sites for hydroxylation is 1. The lowest BCUT2D eigenvalue weighted by Crippen LogP contribution is -2.24. The standard InChI is InChI=1S/C17H21NO/c1-12-8-10-14(11-9-12)16(18)13(2)17(19)15-6-4-3-5-7-15/h3-11,13,16-17,19H,18H2,1-2H3/t13-,16-,17?/m0/s1. The van der Waals surface area contributed by atoms with Crippen LogP contribution >= 0.6 is 0 Å². The van der Waals surface area contributed by atoms with E-state index < -0.39 is 6.10 Å². The van der Waals surface area contributed by atoms with Gasteiger partial charge in [0.25, 0.3) is 0 Å². The molecule has 0 aromatic heterocycles. The van der Waals surface area contributed by atoms with Crippen LogP contribution in [-0.4, -0.2) is 5.11 Å². The summed E-state index contributed by atoms with van der Waals surface area (Å²) in [5, 5.41) is 10.4. The lowest BCUT2D eigenvalue weighted by molar-refractivity contribution is 0.103. The Morgan fingerprint density at radius 2 is 1.47 bits per heavy atom. The molecule has 2 nitrogen and oxygen atoms in total. The van der Waals surface area contributed by atoms with Crippen LogP contribution < -0.4 is 5.73 Å². The molecule has 0 saturated carbocycles. The van der Waals surface area contributed by atoms with Crippen molar-refractivity contribution in [3.05, 3.63) is 71.3 Å². The average molecular weight is 255 g/mol. The molecule has 19 heavy (non-hydrogen) atoms. The first kappa shape index (κ1) is 13.8. The van der Waals surface area contributed by atoms with E-state index in [-0.39, 0.29) is 12.0 Å². The van der Waals surface area contributed by atoms with Crippen molar-refractivity contribution in [2.75, 3.05) is 0 Å². The van der Waals surface area contributed by atoms with Gasteiger partial charge in [0.15, 0.2) is 0 Å². The molecule has 0 saturated heterocycles. The largest absolute Gasteiger partial charge is 0.388 e. The Morgan fingerprint density at radius 3 is 2.05 bits per heavy atom. The van der Waals surface area contributed by atoms with Gasteiger partial charge in [0.05, 0.1) is 6.10 Å². The van der Waals surface area contributed by atoms with E-state index in [2.05, 4.69) is 19.1 Å². The Morgan fingerprint density at radius 1 is 0.895 bits per heavy atom. The first-order valence-corrected chi connectivity index (χ1v) is 6.64. The highest BCUT2D eigenvalue weighted by atomic mass is 16.3. The fourth-order valence-corrected chi connectivity index (χ4v) is 2.24. The third-order valence-electron chi connectivity index (χ3n) is 3.67. The number of hydrogen-bond acceptors (Lipinski definition) is 2. The number of hydrogen-bond donors (Lipinski definition) is 2. The molecule has 3 atom stereocenters. The van der Waals surface area contributed by atoms with Gasteiger partial charge >= 0.3 is 0 Å². The Bertz CT molecular complexity index is 507. The first-order chi connectivity index (χ1) is 9.09. The highest BCUT2D eigenvalue weighted by Gasteiger charge is 2.23. The summed E-state index contributed by atoms with van der Waals surface area (Å²) < 4.78 is 0. The normalized spacial score (nSPS) is 15.8. The Labute approximate surface area is 114 Å². The zero-order valence-electron chi connectivity index (χ0n) is 11.5. The molecule has 1 unspecified atom stereocenters. The summed E-state index contributed by atoms with van der Waals surface area (Å²) in [4.78, 5) is 0. The van der Waals surface area contributed by atoms with Crippen molar-refractivity contribution in [1.29, 1.82) is 0 Å². The molecule has 0 fully saturated rings. The zero-order chi connectivity index (χ0) is 13.8. The molecule has 3 N–H and O–H groups in total. The summed E-state index contributed by atoms with van der Waals surface area (Å²) >= 11 is 0. The van der Waals surface area contributed by atoms with Crippen molar-refractivity contribution in [1.82, 2.24) is 0 Å². The third kappa shape index (κ3) is 3.22. The molecular weight excluding hydrogens is 234 g/mol. The Hall–Kier alpha value is -1.64. The molecule has 2 aromatic carbocycles. The van der Waals surface area contributed by atoms with Gasteiger partial charge < -0.3 is 10.8 Å². The minimum atomic E-state index is -0.544. The van der Waals surface area contributed by atoms with E-state index in [0.717, 1.165) is 11.1 Å². The van der Waals surface area contributed by atoms with E-state index in [1.807, 2.05) is 49.4 Å². The summed E-state index contributed by atoms with van der Waals surface area (Å²) in [6, 6.07) is 17.7. The second-order valence-electron chi connectivity index (χ2n) is 5.15. The maximum absolute atomic E-state index is 10.4. The van der Waals surface area contributed by atoms with Crippen LogP contribution in [0, 0.1) is 12.8 Å². The second kappa shape index (κ2) is 6.00. The average Bonchev–Trinajstić information content (AvgIpc) is 2.46. The SMILES string of the molecule is Cc1ccc([C@@H](N)[C@H](C)C(O)c2ccccc2)cc1. The highest BCUT2D eigenvalue weighted by Crippen LogP contribution is 2.30. The first-order valence-electron chi connectivity index (χ1n) is 6.64. The number of nitrogens with two attached hydrogens (primary N) is 1. The number of aliphatic hydroxyl groups excluding tert-OH is 1. The quantitative estimate of drug-likeness (QED) is 0.880. The summed E-state index contributed by atoms with van der Waals surface area (Å²) in [6.07, 6.45) is -0.544. The van der Waals surface area contributed by atoms with Gasteiger partial charge in [0.1, 0.15) is 0 Å². The highest BCUT2D eigenvalue weighted by molar-refractivity contribution is 5.26. The fraction of sp³-hybridized carbons (Fsp3) is 0.294. The molecular formula is C17H21NO. The van der Waals surface area contributed by atoms with Gasteiger partial charge in [-0.25, -0.2) is 0 Å². The van der Waals surface area contributed by atoms with E-state index in [1.54, 1.807) is 0 Å². The minimum Gasteiger partial charge on any atom is -0.388 e. The molecule has 0 aliphatic rings. The lowest BCUT2D eigenvalue weighted by atomic mass is 9.87. The molecule has 0 aliphatic heterocycles. The molecule has 0 amide bonds. The van der Waals surface area contributed by atoms with E-state index in [1.165, 1.54) is 5.56 Å². The molecule has 0 spiro atoms. The predicted octanol–water partition coefficient (Wildman–Crippen LogP) is 3.36. The second-order valence-corrected chi connectivity index (χ2v) is 5.15. The smallest absolute Gasteiger partial charge is 0.0833 e. The maximum Gasteiger partial charge on any atom is 0.0833 e. The summed E-state index contributed by atoms with van der Waals surface area (Å²) in [7, 11) is 0. The molecule has 0 aliphatic carbocycles. The monoisotopic (exact) mass is 255 g/mol. The molecule has 0 bridgehead atoms. The van der Waals surface area contributed by atoms with Crippen molar-refractivity contribution in [2.45, 2.75) is 26.0 Å². The van der Waals surface area contributed by atoms with Gasteiger partial charge in [0, 0.05) is 12.0 Å². The topological polar surface area (TPSA) is 46.2 Å².